The molecule has 8 heteroatoms. The number of nitrogens with one attached hydrogen (secondary N) is 1. The Labute approximate surface area is 138 Å². The Morgan fingerprint density at radius 1 is 1.12 bits per heavy atom. The Bertz CT molecular complexity index is 718. The average Bonchev–Trinajstić information content (AvgIpc) is 2.98. The zero-order chi connectivity index (χ0) is 17.7. The molecule has 0 spiro atoms. The summed E-state index contributed by atoms with van der Waals surface area (Å²) in [6.07, 6.45) is -1.02. The maximum Gasteiger partial charge on any atom is 0.339 e. The molecule has 1 amide bonds. The van der Waals surface area contributed by atoms with E-state index >= 15 is 0 Å². The van der Waals surface area contributed by atoms with Crippen LogP contribution in [0.3, 0.4) is 0 Å². The van der Waals surface area contributed by atoms with Gasteiger partial charge in [-0.25, -0.2) is 4.79 Å². The van der Waals surface area contributed by atoms with Crippen molar-refractivity contribution in [2.24, 2.45) is 0 Å². The highest BCUT2D eigenvalue weighted by Crippen LogP contribution is 2.23. The van der Waals surface area contributed by atoms with Gasteiger partial charge in [-0.05, 0) is 26.0 Å². The van der Waals surface area contributed by atoms with Crippen molar-refractivity contribution in [3.05, 3.63) is 35.6 Å². The smallest absolute Gasteiger partial charge is 0.339 e. The highest BCUT2D eigenvalue weighted by Gasteiger charge is 2.21. The van der Waals surface area contributed by atoms with Crippen LogP contribution in [0.5, 0.6) is 11.5 Å². The fourth-order valence-corrected chi connectivity index (χ4v) is 1.86. The van der Waals surface area contributed by atoms with E-state index in [1.807, 2.05) is 0 Å². The number of ether oxygens (including phenoxy) is 3. The van der Waals surface area contributed by atoms with E-state index in [4.69, 9.17) is 18.7 Å². The summed E-state index contributed by atoms with van der Waals surface area (Å²) in [7, 11) is 2.94. The molecule has 1 N–H and O–H groups in total. The van der Waals surface area contributed by atoms with E-state index < -0.39 is 18.0 Å². The molecule has 1 unspecified atom stereocenters. The van der Waals surface area contributed by atoms with E-state index in [0.717, 1.165) is 0 Å². The van der Waals surface area contributed by atoms with Crippen molar-refractivity contribution >= 4 is 17.7 Å². The Morgan fingerprint density at radius 3 is 2.25 bits per heavy atom. The lowest BCUT2D eigenvalue weighted by Gasteiger charge is -2.13. The predicted molar refractivity (Wildman–Crippen MR) is 84.3 cm³/mol. The fraction of sp³-hybridized carbons (Fsp3) is 0.312. The van der Waals surface area contributed by atoms with Gasteiger partial charge in [-0.15, -0.1) is 0 Å². The molecule has 0 aliphatic rings. The van der Waals surface area contributed by atoms with Crippen LogP contribution < -0.4 is 14.8 Å². The number of carbonyl (C=O) groups is 2. The van der Waals surface area contributed by atoms with Crippen LogP contribution in [-0.4, -0.2) is 37.4 Å². The fourth-order valence-electron chi connectivity index (χ4n) is 1.86. The number of hydrogen-bond donors (Lipinski definition) is 1. The number of aryl methyl sites for hydroxylation is 1. The number of rotatable bonds is 6. The lowest BCUT2D eigenvalue weighted by atomic mass is 10.2. The maximum atomic E-state index is 12.2. The van der Waals surface area contributed by atoms with Crippen LogP contribution in [0.2, 0.25) is 0 Å². The van der Waals surface area contributed by atoms with E-state index in [2.05, 4.69) is 10.5 Å². The zero-order valence-electron chi connectivity index (χ0n) is 13.8. The first kappa shape index (κ1) is 17.3. The standard InChI is InChI=1S/C16H18N2O6/c1-9-5-14(18-24-9)17-15(19)10(2)23-16(20)11-6-12(21-3)8-13(7-11)22-4/h5-8,10H,1-4H3,(H,17,18,19). The molecule has 0 aliphatic heterocycles. The molecule has 0 saturated carbocycles. The first-order valence-corrected chi connectivity index (χ1v) is 7.11. The van der Waals surface area contributed by atoms with Gasteiger partial charge in [0, 0.05) is 12.1 Å². The number of amides is 1. The summed E-state index contributed by atoms with van der Waals surface area (Å²) in [4.78, 5) is 24.2. The second kappa shape index (κ2) is 7.49. The van der Waals surface area contributed by atoms with Crippen molar-refractivity contribution in [2.75, 3.05) is 19.5 Å². The van der Waals surface area contributed by atoms with Crippen molar-refractivity contribution in [3.8, 4) is 11.5 Å². The van der Waals surface area contributed by atoms with Crippen LogP contribution >= 0.6 is 0 Å². The quantitative estimate of drug-likeness (QED) is 0.808. The van der Waals surface area contributed by atoms with Crippen molar-refractivity contribution in [1.82, 2.24) is 5.16 Å². The predicted octanol–water partition coefficient (Wildman–Crippen LogP) is 2.18. The van der Waals surface area contributed by atoms with Gasteiger partial charge in [0.05, 0.1) is 19.8 Å². The number of benzene rings is 1. The summed E-state index contributed by atoms with van der Waals surface area (Å²) in [6, 6.07) is 6.17. The molecule has 8 nitrogen and oxygen atoms in total. The third-order valence-corrected chi connectivity index (χ3v) is 3.12. The highest BCUT2D eigenvalue weighted by molar-refractivity contribution is 5.97. The van der Waals surface area contributed by atoms with Crippen molar-refractivity contribution in [2.45, 2.75) is 20.0 Å². The Balaban J connectivity index is 2.04. The molecule has 2 rings (SSSR count). The Kier molecular flexibility index (Phi) is 5.41. The van der Waals surface area contributed by atoms with Gasteiger partial charge in [0.15, 0.2) is 11.9 Å². The SMILES string of the molecule is COc1cc(OC)cc(C(=O)OC(C)C(=O)Nc2cc(C)on2)c1. The normalized spacial score (nSPS) is 11.5. The van der Waals surface area contributed by atoms with E-state index in [-0.39, 0.29) is 11.4 Å². The van der Waals surface area contributed by atoms with Crippen molar-refractivity contribution < 1.29 is 28.3 Å². The van der Waals surface area contributed by atoms with Crippen LogP contribution in [0.1, 0.15) is 23.0 Å². The summed E-state index contributed by atoms with van der Waals surface area (Å²) in [5, 5.41) is 6.13. The van der Waals surface area contributed by atoms with Crippen molar-refractivity contribution in [1.29, 1.82) is 0 Å². The van der Waals surface area contributed by atoms with Gasteiger partial charge < -0.3 is 24.1 Å². The van der Waals surface area contributed by atoms with Crippen molar-refractivity contribution in [3.63, 3.8) is 0 Å². The Morgan fingerprint density at radius 2 is 1.75 bits per heavy atom. The molecular weight excluding hydrogens is 316 g/mol. The molecule has 0 radical (unpaired) electrons. The van der Waals surface area contributed by atoms with Gasteiger partial charge in [0.1, 0.15) is 17.3 Å². The van der Waals surface area contributed by atoms with Gasteiger partial charge >= 0.3 is 5.97 Å². The third-order valence-electron chi connectivity index (χ3n) is 3.12. The number of nitrogens with zero attached hydrogens (tertiary/aromatic N) is 1. The minimum atomic E-state index is -1.02. The van der Waals surface area contributed by atoms with Gasteiger partial charge in [-0.1, -0.05) is 5.16 Å². The van der Waals surface area contributed by atoms with Crippen LogP contribution in [0.4, 0.5) is 5.82 Å². The average molecular weight is 334 g/mol. The summed E-state index contributed by atoms with van der Waals surface area (Å²) < 4.78 is 20.2. The lowest BCUT2D eigenvalue weighted by Crippen LogP contribution is -2.30. The second-order valence-electron chi connectivity index (χ2n) is 4.96. The second-order valence-corrected chi connectivity index (χ2v) is 4.96. The molecule has 1 heterocycles. The molecule has 0 bridgehead atoms. The molecule has 1 aromatic heterocycles. The van der Waals surface area contributed by atoms with E-state index in [0.29, 0.717) is 17.3 Å². The van der Waals surface area contributed by atoms with E-state index in [9.17, 15) is 9.59 Å². The molecule has 0 fully saturated rings. The Hall–Kier alpha value is -3.03. The number of hydrogen-bond acceptors (Lipinski definition) is 7. The van der Waals surface area contributed by atoms with Crippen LogP contribution in [-0.2, 0) is 9.53 Å². The van der Waals surface area contributed by atoms with Gasteiger partial charge in [-0.2, -0.15) is 0 Å². The highest BCUT2D eigenvalue weighted by atomic mass is 16.5. The number of aromatic nitrogens is 1. The summed E-state index contributed by atoms with van der Waals surface area (Å²) >= 11 is 0. The summed E-state index contributed by atoms with van der Waals surface area (Å²) in [5.41, 5.74) is 0.211. The molecule has 0 aliphatic carbocycles. The van der Waals surface area contributed by atoms with Gasteiger partial charge in [-0.3, -0.25) is 4.79 Å². The maximum absolute atomic E-state index is 12.2. The summed E-state index contributed by atoms with van der Waals surface area (Å²) in [5.74, 6) is 0.493. The lowest BCUT2D eigenvalue weighted by molar-refractivity contribution is -0.123. The van der Waals surface area contributed by atoms with Gasteiger partial charge in [0.25, 0.3) is 5.91 Å². The minimum Gasteiger partial charge on any atom is -0.497 e. The van der Waals surface area contributed by atoms with Gasteiger partial charge in [0.2, 0.25) is 0 Å². The zero-order valence-corrected chi connectivity index (χ0v) is 13.8. The van der Waals surface area contributed by atoms with Crippen LogP contribution in [0, 0.1) is 6.92 Å². The molecule has 0 saturated heterocycles. The first-order valence-electron chi connectivity index (χ1n) is 7.11. The molecule has 128 valence electrons. The van der Waals surface area contributed by atoms with E-state index in [1.54, 1.807) is 19.1 Å². The minimum absolute atomic E-state index is 0.211. The first-order chi connectivity index (χ1) is 11.4. The largest absolute Gasteiger partial charge is 0.497 e. The number of methoxy groups -OCH3 is 2. The summed E-state index contributed by atoms with van der Waals surface area (Å²) in [6.45, 7) is 3.15. The monoisotopic (exact) mass is 334 g/mol. The number of carbonyl (C=O) groups excluding carboxylic acids is 2. The molecule has 24 heavy (non-hydrogen) atoms. The topological polar surface area (TPSA) is 99.9 Å². The van der Waals surface area contributed by atoms with E-state index in [1.165, 1.54) is 33.3 Å². The molecule has 1 atom stereocenters. The third kappa shape index (κ3) is 4.25. The van der Waals surface area contributed by atoms with Crippen LogP contribution in [0.25, 0.3) is 0 Å². The number of esters is 1. The molecular formula is C16H18N2O6. The molecule has 1 aromatic carbocycles. The number of anilines is 1. The van der Waals surface area contributed by atoms with Crippen LogP contribution in [0.15, 0.2) is 28.8 Å². The molecule has 2 aromatic rings.